The number of esters is 1. The summed E-state index contributed by atoms with van der Waals surface area (Å²) in [5.41, 5.74) is 7.43. The molecule has 0 aliphatic carbocycles. The van der Waals surface area contributed by atoms with Gasteiger partial charge in [-0.1, -0.05) is 19.9 Å². The average molecular weight is 326 g/mol. The highest BCUT2D eigenvalue weighted by atomic mass is 16.5. The third-order valence-corrected chi connectivity index (χ3v) is 3.86. The summed E-state index contributed by atoms with van der Waals surface area (Å²) < 4.78 is 10.7. The first-order valence-corrected chi connectivity index (χ1v) is 7.76. The molecule has 1 aromatic carbocycles. The van der Waals surface area contributed by atoms with Gasteiger partial charge in [0.15, 0.2) is 11.1 Å². The molecule has 24 heavy (non-hydrogen) atoms. The molecule has 6 heteroatoms. The van der Waals surface area contributed by atoms with Crippen LogP contribution in [0.2, 0.25) is 0 Å². The highest BCUT2D eigenvalue weighted by molar-refractivity contribution is 5.99. The van der Waals surface area contributed by atoms with E-state index in [1.54, 1.807) is 13.0 Å². The minimum absolute atomic E-state index is 0.0485. The molecule has 0 fully saturated rings. The molecule has 0 atom stereocenters. The topological polar surface area (TPSA) is 95.4 Å². The first kappa shape index (κ1) is 16.0. The van der Waals surface area contributed by atoms with Gasteiger partial charge in [-0.2, -0.15) is 0 Å². The van der Waals surface area contributed by atoms with Crippen molar-refractivity contribution < 1.29 is 13.9 Å². The SMILES string of the molecule is CCOC(=O)c1cc2oc3ccc(C(C)C)cc3c(=O)c2nc1N. The van der Waals surface area contributed by atoms with E-state index in [-0.39, 0.29) is 40.4 Å². The lowest BCUT2D eigenvalue weighted by molar-refractivity contribution is 0.0527. The van der Waals surface area contributed by atoms with Gasteiger partial charge >= 0.3 is 5.97 Å². The Morgan fingerprint density at radius 2 is 2.04 bits per heavy atom. The Kier molecular flexibility index (Phi) is 3.97. The largest absolute Gasteiger partial charge is 0.462 e. The van der Waals surface area contributed by atoms with Crippen LogP contribution in [-0.2, 0) is 4.74 Å². The van der Waals surface area contributed by atoms with Crippen LogP contribution in [0, 0.1) is 0 Å². The van der Waals surface area contributed by atoms with E-state index in [1.807, 2.05) is 26.0 Å². The number of nitrogens with zero attached hydrogens (tertiary/aromatic N) is 1. The smallest absolute Gasteiger partial charge is 0.342 e. The minimum Gasteiger partial charge on any atom is -0.462 e. The van der Waals surface area contributed by atoms with Crippen LogP contribution in [0.5, 0.6) is 0 Å². The fourth-order valence-electron chi connectivity index (χ4n) is 2.54. The van der Waals surface area contributed by atoms with Gasteiger partial charge in [0.25, 0.3) is 0 Å². The molecule has 0 aliphatic heterocycles. The van der Waals surface area contributed by atoms with Crippen LogP contribution in [0.1, 0.15) is 42.6 Å². The molecular formula is C18H18N2O4. The van der Waals surface area contributed by atoms with Crippen LogP contribution < -0.4 is 11.2 Å². The lowest BCUT2D eigenvalue weighted by Crippen LogP contribution is -2.12. The van der Waals surface area contributed by atoms with Crippen LogP contribution >= 0.6 is 0 Å². The van der Waals surface area contributed by atoms with E-state index in [2.05, 4.69) is 4.98 Å². The number of anilines is 1. The maximum Gasteiger partial charge on any atom is 0.342 e. The van der Waals surface area contributed by atoms with E-state index in [0.29, 0.717) is 11.0 Å². The van der Waals surface area contributed by atoms with Gasteiger partial charge in [-0.25, -0.2) is 9.78 Å². The number of carbonyl (C=O) groups excluding carboxylic acids is 1. The van der Waals surface area contributed by atoms with Crippen molar-refractivity contribution in [1.29, 1.82) is 0 Å². The second-order valence-electron chi connectivity index (χ2n) is 5.83. The molecule has 2 N–H and O–H groups in total. The van der Waals surface area contributed by atoms with Gasteiger partial charge in [0, 0.05) is 6.07 Å². The van der Waals surface area contributed by atoms with Crippen LogP contribution in [0.4, 0.5) is 5.82 Å². The van der Waals surface area contributed by atoms with Crippen molar-refractivity contribution in [2.45, 2.75) is 26.7 Å². The molecule has 0 amide bonds. The summed E-state index contributed by atoms with van der Waals surface area (Å²) in [5.74, 6) is -0.358. The Bertz CT molecular complexity index is 1010. The van der Waals surface area contributed by atoms with Crippen molar-refractivity contribution >= 4 is 33.9 Å². The van der Waals surface area contributed by atoms with E-state index in [0.717, 1.165) is 5.56 Å². The summed E-state index contributed by atoms with van der Waals surface area (Å²) in [6.45, 7) is 6.01. The monoisotopic (exact) mass is 326 g/mol. The van der Waals surface area contributed by atoms with Gasteiger partial charge < -0.3 is 14.9 Å². The molecule has 3 aromatic rings. The van der Waals surface area contributed by atoms with Crippen LogP contribution in [0.15, 0.2) is 33.5 Å². The van der Waals surface area contributed by atoms with Crippen LogP contribution in [-0.4, -0.2) is 17.6 Å². The van der Waals surface area contributed by atoms with Crippen LogP contribution in [0.25, 0.3) is 22.1 Å². The predicted molar refractivity (Wildman–Crippen MR) is 92.2 cm³/mol. The van der Waals surface area contributed by atoms with Gasteiger partial charge in [-0.05, 0) is 30.5 Å². The molecule has 0 saturated heterocycles. The number of nitrogen functional groups attached to an aromatic ring is 1. The van der Waals surface area contributed by atoms with Gasteiger partial charge in [0.1, 0.15) is 17.0 Å². The molecule has 0 bridgehead atoms. The molecule has 3 rings (SSSR count). The van der Waals surface area contributed by atoms with Crippen molar-refractivity contribution in [3.8, 4) is 0 Å². The Morgan fingerprint density at radius 1 is 1.29 bits per heavy atom. The zero-order valence-corrected chi connectivity index (χ0v) is 13.8. The number of hydrogen-bond acceptors (Lipinski definition) is 6. The maximum absolute atomic E-state index is 12.7. The fraction of sp³-hybridized carbons (Fsp3) is 0.278. The zero-order valence-electron chi connectivity index (χ0n) is 13.8. The van der Waals surface area contributed by atoms with Gasteiger partial charge in [-0.3, -0.25) is 4.79 Å². The number of aromatic nitrogens is 1. The maximum atomic E-state index is 12.7. The summed E-state index contributed by atoms with van der Waals surface area (Å²) in [6.07, 6.45) is 0. The predicted octanol–water partition coefficient (Wildman–Crippen LogP) is 3.22. The third-order valence-electron chi connectivity index (χ3n) is 3.86. The number of ether oxygens (including phenoxy) is 1. The number of pyridine rings is 1. The molecule has 2 aromatic heterocycles. The summed E-state index contributed by atoms with van der Waals surface area (Å²) in [6, 6.07) is 6.89. The summed E-state index contributed by atoms with van der Waals surface area (Å²) in [5, 5.41) is 0.449. The molecular weight excluding hydrogens is 308 g/mol. The van der Waals surface area contributed by atoms with E-state index in [4.69, 9.17) is 14.9 Å². The number of nitrogens with two attached hydrogens (primary N) is 1. The quantitative estimate of drug-likeness (QED) is 0.586. The zero-order chi connectivity index (χ0) is 17.4. The van der Waals surface area contributed by atoms with Crippen molar-refractivity contribution in [1.82, 2.24) is 4.98 Å². The van der Waals surface area contributed by atoms with Gasteiger partial charge in [0.2, 0.25) is 5.43 Å². The van der Waals surface area contributed by atoms with Crippen molar-refractivity contribution in [3.05, 3.63) is 45.6 Å². The number of carbonyl (C=O) groups is 1. The second kappa shape index (κ2) is 5.96. The average Bonchev–Trinajstić information content (AvgIpc) is 2.55. The molecule has 0 saturated carbocycles. The first-order chi connectivity index (χ1) is 11.4. The van der Waals surface area contributed by atoms with E-state index in [9.17, 15) is 9.59 Å². The van der Waals surface area contributed by atoms with E-state index >= 15 is 0 Å². The summed E-state index contributed by atoms with van der Waals surface area (Å²) in [7, 11) is 0. The fourth-order valence-corrected chi connectivity index (χ4v) is 2.54. The normalized spacial score (nSPS) is 11.3. The highest BCUT2D eigenvalue weighted by Gasteiger charge is 2.18. The molecule has 6 nitrogen and oxygen atoms in total. The van der Waals surface area contributed by atoms with Crippen LogP contribution in [0.3, 0.4) is 0 Å². The minimum atomic E-state index is -0.595. The Labute approximate surface area is 138 Å². The number of fused-ring (bicyclic) bond motifs is 2. The van der Waals surface area contributed by atoms with Crippen molar-refractivity contribution in [3.63, 3.8) is 0 Å². The Balaban J connectivity index is 2.29. The standard InChI is InChI=1S/C18H18N2O4/c1-4-23-18(22)12-8-14-15(20-17(12)19)16(21)11-7-10(9(2)3)5-6-13(11)24-14/h5-9H,4H2,1-3H3,(H2,19,20). The third kappa shape index (κ3) is 2.60. The molecule has 0 unspecified atom stereocenters. The Hall–Kier alpha value is -2.89. The van der Waals surface area contributed by atoms with E-state index < -0.39 is 5.97 Å². The molecule has 0 radical (unpaired) electrons. The van der Waals surface area contributed by atoms with Crippen molar-refractivity contribution in [2.75, 3.05) is 12.3 Å². The lowest BCUT2D eigenvalue weighted by atomic mass is 10.0. The number of hydrogen-bond donors (Lipinski definition) is 1. The molecule has 2 heterocycles. The summed E-state index contributed by atoms with van der Waals surface area (Å²) in [4.78, 5) is 28.7. The second-order valence-corrected chi connectivity index (χ2v) is 5.83. The lowest BCUT2D eigenvalue weighted by Gasteiger charge is -2.09. The number of rotatable bonds is 3. The van der Waals surface area contributed by atoms with Gasteiger partial charge in [0.05, 0.1) is 12.0 Å². The Morgan fingerprint density at radius 3 is 2.71 bits per heavy atom. The van der Waals surface area contributed by atoms with E-state index in [1.165, 1.54) is 6.07 Å². The molecule has 0 spiro atoms. The first-order valence-electron chi connectivity index (χ1n) is 7.76. The number of benzene rings is 1. The van der Waals surface area contributed by atoms with Crippen molar-refractivity contribution in [2.24, 2.45) is 0 Å². The van der Waals surface area contributed by atoms with Gasteiger partial charge in [-0.15, -0.1) is 0 Å². The summed E-state index contributed by atoms with van der Waals surface area (Å²) >= 11 is 0. The molecule has 0 aliphatic rings. The highest BCUT2D eigenvalue weighted by Crippen LogP contribution is 2.24. The molecule has 124 valence electrons.